The first kappa shape index (κ1) is 17.3. The van der Waals surface area contributed by atoms with E-state index in [0.29, 0.717) is 22.8 Å². The summed E-state index contributed by atoms with van der Waals surface area (Å²) in [7, 11) is 0. The molecule has 1 N–H and O–H groups in total. The van der Waals surface area contributed by atoms with Gasteiger partial charge in [0.25, 0.3) is 0 Å². The summed E-state index contributed by atoms with van der Waals surface area (Å²) in [6.07, 6.45) is 4.13. The van der Waals surface area contributed by atoms with Crippen molar-refractivity contribution in [3.63, 3.8) is 0 Å². The monoisotopic (exact) mass is 411 g/mol. The molecule has 0 atom stereocenters. The summed E-state index contributed by atoms with van der Waals surface area (Å²) in [6, 6.07) is 6.72. The second kappa shape index (κ2) is 7.56. The second-order valence-electron chi connectivity index (χ2n) is 5.60. The first-order chi connectivity index (χ1) is 11.6. The average Bonchev–Trinajstić information content (AvgIpc) is 2.93. The summed E-state index contributed by atoms with van der Waals surface area (Å²) >= 11 is 5.85. The zero-order valence-electron chi connectivity index (χ0n) is 13.4. The molecule has 3 rings (SSSR count). The van der Waals surface area contributed by atoms with Gasteiger partial charge in [0, 0.05) is 0 Å². The molecule has 0 aliphatic heterocycles. The third kappa shape index (κ3) is 3.59. The van der Waals surface area contributed by atoms with Crippen molar-refractivity contribution < 1.29 is 14.3 Å². The number of anilines is 1. The number of aryl methyl sites for hydroxylation is 1. The molecule has 0 spiro atoms. The molecule has 0 unspecified atom stereocenters. The van der Waals surface area contributed by atoms with E-state index < -0.39 is 0 Å². The summed E-state index contributed by atoms with van der Waals surface area (Å²) in [5.74, 6) is -0.539. The number of benzene rings is 1. The number of ether oxygens (including phenoxy) is 1. The predicted molar refractivity (Wildman–Crippen MR) is 95.4 cm³/mol. The van der Waals surface area contributed by atoms with Gasteiger partial charge in [-0.2, -0.15) is 0 Å². The van der Waals surface area contributed by atoms with Crippen LogP contribution < -0.4 is 5.32 Å². The van der Waals surface area contributed by atoms with Crippen LogP contribution in [0.5, 0.6) is 0 Å². The van der Waals surface area contributed by atoms with Crippen molar-refractivity contribution in [3.8, 4) is 0 Å². The first-order valence-corrected chi connectivity index (χ1v) is 10.1. The molecule has 0 saturated carbocycles. The van der Waals surface area contributed by atoms with Gasteiger partial charge < -0.3 is 0 Å². The van der Waals surface area contributed by atoms with Crippen molar-refractivity contribution in [1.82, 2.24) is 0 Å². The van der Waals surface area contributed by atoms with E-state index >= 15 is 0 Å². The summed E-state index contributed by atoms with van der Waals surface area (Å²) in [5, 5.41) is 3.53. The van der Waals surface area contributed by atoms with Crippen molar-refractivity contribution in [2.24, 2.45) is 0 Å². The number of rotatable bonds is 4. The van der Waals surface area contributed by atoms with E-state index in [0.717, 1.165) is 35.8 Å². The van der Waals surface area contributed by atoms with Gasteiger partial charge in [-0.3, -0.25) is 0 Å². The Morgan fingerprint density at radius 2 is 1.92 bits per heavy atom. The molecule has 1 aliphatic rings. The molecular weight excluding hydrogens is 393 g/mol. The minimum absolute atomic E-state index is 0.0140. The van der Waals surface area contributed by atoms with E-state index in [1.807, 2.05) is 0 Å². The summed E-state index contributed by atoms with van der Waals surface area (Å²) in [4.78, 5) is 24.9. The van der Waals surface area contributed by atoms with Gasteiger partial charge in [-0.15, -0.1) is 0 Å². The zero-order valence-corrected chi connectivity index (χ0v) is 15.8. The standard InChI is InChI=1S/C18H18ClNO3Se/c1-2-23-18(22)15-13-5-3-4-6-14(13)24-17(15)20-16(21)11-7-9-12(19)10-8-11/h7-10H,2-6H2,1H3,(H,20,21). The normalized spacial score (nSPS) is 13.2. The number of esters is 1. The molecule has 1 heterocycles. The average molecular weight is 411 g/mol. The molecule has 0 fully saturated rings. The number of hydrogen-bond acceptors (Lipinski definition) is 3. The van der Waals surface area contributed by atoms with Gasteiger partial charge in [0.15, 0.2) is 0 Å². The van der Waals surface area contributed by atoms with Crippen molar-refractivity contribution in [2.75, 3.05) is 11.9 Å². The number of fused-ring (bicyclic) bond motifs is 1. The molecule has 6 heteroatoms. The van der Waals surface area contributed by atoms with Gasteiger partial charge in [0.1, 0.15) is 0 Å². The molecule has 24 heavy (non-hydrogen) atoms. The molecule has 126 valence electrons. The van der Waals surface area contributed by atoms with E-state index in [-0.39, 0.29) is 26.4 Å². The molecule has 0 radical (unpaired) electrons. The van der Waals surface area contributed by atoms with Gasteiger partial charge in [-0.25, -0.2) is 0 Å². The van der Waals surface area contributed by atoms with E-state index in [1.165, 1.54) is 4.44 Å². The van der Waals surface area contributed by atoms with Crippen molar-refractivity contribution in [2.45, 2.75) is 32.6 Å². The van der Waals surface area contributed by atoms with Crippen LogP contribution in [0.15, 0.2) is 24.3 Å². The van der Waals surface area contributed by atoms with Crippen LogP contribution >= 0.6 is 11.6 Å². The van der Waals surface area contributed by atoms with Gasteiger partial charge in [-0.05, 0) is 0 Å². The molecule has 0 bridgehead atoms. The fourth-order valence-electron chi connectivity index (χ4n) is 2.85. The third-order valence-corrected chi connectivity index (χ3v) is 6.77. The Morgan fingerprint density at radius 1 is 1.21 bits per heavy atom. The molecule has 1 amide bonds. The third-order valence-electron chi connectivity index (χ3n) is 3.98. The Morgan fingerprint density at radius 3 is 2.62 bits per heavy atom. The topological polar surface area (TPSA) is 55.4 Å². The van der Waals surface area contributed by atoms with Gasteiger partial charge >= 0.3 is 152 Å². The quantitative estimate of drug-likeness (QED) is 0.617. The van der Waals surface area contributed by atoms with Crippen molar-refractivity contribution >= 4 is 42.5 Å². The van der Waals surface area contributed by atoms with E-state index in [1.54, 1.807) is 31.2 Å². The molecule has 0 saturated heterocycles. The van der Waals surface area contributed by atoms with E-state index in [2.05, 4.69) is 5.32 Å². The number of halogens is 1. The predicted octanol–water partition coefficient (Wildman–Crippen LogP) is 3.70. The number of hydrogen-bond donors (Lipinski definition) is 1. The Hall–Kier alpha value is -1.55. The summed E-state index contributed by atoms with van der Waals surface area (Å²) in [6.45, 7) is 2.12. The van der Waals surface area contributed by atoms with Crippen LogP contribution in [0, 0.1) is 0 Å². The maximum absolute atomic E-state index is 12.5. The van der Waals surface area contributed by atoms with E-state index in [4.69, 9.17) is 16.3 Å². The molecule has 4 nitrogen and oxygen atoms in total. The van der Waals surface area contributed by atoms with Crippen molar-refractivity contribution in [3.05, 3.63) is 50.4 Å². The fraction of sp³-hybridized carbons (Fsp3) is 0.333. The number of nitrogens with one attached hydrogen (secondary N) is 1. The Labute approximate surface area is 151 Å². The zero-order chi connectivity index (χ0) is 17.1. The molecular formula is C18H18ClNO3Se. The van der Waals surface area contributed by atoms with Gasteiger partial charge in [0.05, 0.1) is 0 Å². The van der Waals surface area contributed by atoms with Gasteiger partial charge in [0.2, 0.25) is 0 Å². The van der Waals surface area contributed by atoms with Crippen LogP contribution in [-0.4, -0.2) is 33.0 Å². The molecule has 1 aromatic carbocycles. The van der Waals surface area contributed by atoms with Crippen LogP contribution in [0.3, 0.4) is 0 Å². The second-order valence-corrected chi connectivity index (χ2v) is 8.35. The molecule has 1 aliphatic carbocycles. The Balaban J connectivity index is 1.91. The summed E-state index contributed by atoms with van der Waals surface area (Å²) in [5.41, 5.74) is 2.22. The van der Waals surface area contributed by atoms with Gasteiger partial charge in [-0.1, -0.05) is 0 Å². The number of carbonyl (C=O) groups is 2. The first-order valence-electron chi connectivity index (χ1n) is 7.98. The van der Waals surface area contributed by atoms with Crippen molar-refractivity contribution in [1.29, 1.82) is 0 Å². The molecule has 1 aromatic heterocycles. The number of amides is 1. The SMILES string of the molecule is CCOC(=O)c1c(NC(=O)c2ccc(Cl)cc2)[se]c2c1CCCC2. The fourth-order valence-corrected chi connectivity index (χ4v) is 5.65. The van der Waals surface area contributed by atoms with E-state index in [9.17, 15) is 9.59 Å². The van der Waals surface area contributed by atoms with Crippen LogP contribution in [0.2, 0.25) is 5.02 Å². The maximum atomic E-state index is 12.5. The molecule has 2 aromatic rings. The van der Waals surface area contributed by atoms with Crippen LogP contribution in [0.1, 0.15) is 50.5 Å². The summed E-state index contributed by atoms with van der Waals surface area (Å²) < 4.78 is 7.27. The van der Waals surface area contributed by atoms with Crippen LogP contribution in [0.25, 0.3) is 0 Å². The number of carbonyl (C=O) groups excluding carboxylic acids is 2. The Kier molecular flexibility index (Phi) is 5.44. The van der Waals surface area contributed by atoms with Crippen LogP contribution in [0.4, 0.5) is 4.56 Å². The Bertz CT molecular complexity index is 767. The minimum atomic E-state index is -0.322. The van der Waals surface area contributed by atoms with Crippen LogP contribution in [-0.2, 0) is 17.6 Å².